The number of fused-ring (bicyclic) bond motifs is 2. The molecule has 3 aromatic heterocycles. The number of nitrogens with one attached hydrogen (secondary N) is 2. The summed E-state index contributed by atoms with van der Waals surface area (Å²) in [6.07, 6.45) is 2.69. The highest BCUT2D eigenvalue weighted by Gasteiger charge is 2.31. The number of aromatic nitrogens is 4. The summed E-state index contributed by atoms with van der Waals surface area (Å²) in [5, 5.41) is 3.04. The van der Waals surface area contributed by atoms with Crippen LogP contribution in [-0.2, 0) is 20.0 Å². The first-order valence-electron chi connectivity index (χ1n) is 14.9. The van der Waals surface area contributed by atoms with Crippen molar-refractivity contribution in [1.29, 1.82) is 0 Å². The van der Waals surface area contributed by atoms with Gasteiger partial charge in [0.15, 0.2) is 11.6 Å². The van der Waals surface area contributed by atoms with Gasteiger partial charge >= 0.3 is 0 Å². The maximum absolute atomic E-state index is 15.8. The maximum Gasteiger partial charge on any atom is 0.263 e. The van der Waals surface area contributed by atoms with E-state index < -0.39 is 43.1 Å². The first-order valence-corrected chi connectivity index (χ1v) is 18.2. The zero-order chi connectivity index (χ0) is 34.5. The summed E-state index contributed by atoms with van der Waals surface area (Å²) in [6.45, 7) is 1.93. The molecule has 7 rings (SSSR count). The molecule has 0 saturated carbocycles. The molecule has 12 nitrogen and oxygen atoms in total. The molecule has 0 aliphatic carbocycles. The Kier molecular flexibility index (Phi) is 8.44. The van der Waals surface area contributed by atoms with Crippen LogP contribution in [0.3, 0.4) is 0 Å². The third kappa shape index (κ3) is 6.06. The first kappa shape index (κ1) is 32.8. The Morgan fingerprint density at radius 1 is 0.837 bits per heavy atom. The fraction of sp³-hybridized carbons (Fsp3) is 0.156. The second kappa shape index (κ2) is 12.6. The zero-order valence-corrected chi connectivity index (χ0v) is 28.1. The van der Waals surface area contributed by atoms with Crippen LogP contribution in [0.15, 0.2) is 95.1 Å². The average molecular weight is 725 g/mol. The minimum atomic E-state index is -4.34. The summed E-state index contributed by atoms with van der Waals surface area (Å²) in [5.74, 6) is -2.06. The van der Waals surface area contributed by atoms with E-state index in [4.69, 9.17) is 11.6 Å². The largest absolute Gasteiger partial charge is 0.333 e. The van der Waals surface area contributed by atoms with Crippen LogP contribution < -0.4 is 10.0 Å². The maximum atomic E-state index is 15.8. The number of nitrogens with zero attached hydrogens (tertiary/aromatic N) is 6. The molecule has 1 aliphatic rings. The number of hydrogen-bond donors (Lipinski definition) is 2. The number of para-hydroxylation sites is 1. The molecule has 252 valence electrons. The van der Waals surface area contributed by atoms with Gasteiger partial charge in [-0.05, 0) is 49.5 Å². The number of hydrogen-bond acceptors (Lipinski definition) is 9. The van der Waals surface area contributed by atoms with Crippen LogP contribution in [0.1, 0.15) is 0 Å². The van der Waals surface area contributed by atoms with Gasteiger partial charge in [0, 0.05) is 37.8 Å². The smallest absolute Gasteiger partial charge is 0.263 e. The molecule has 4 heterocycles. The van der Waals surface area contributed by atoms with Crippen molar-refractivity contribution in [2.24, 2.45) is 0 Å². The van der Waals surface area contributed by atoms with Gasteiger partial charge in [-0.25, -0.2) is 40.6 Å². The van der Waals surface area contributed by atoms with Gasteiger partial charge in [-0.2, -0.15) is 4.31 Å². The number of likely N-dealkylation sites (N-methyl/N-ethyl adjacent to an activating group) is 1. The van der Waals surface area contributed by atoms with Crippen LogP contribution in [0.4, 0.5) is 26.0 Å². The fourth-order valence-corrected chi connectivity index (χ4v) is 8.78. The summed E-state index contributed by atoms with van der Waals surface area (Å²) in [7, 11) is -6.25. The number of anilines is 3. The van der Waals surface area contributed by atoms with Gasteiger partial charge in [0.25, 0.3) is 10.0 Å². The highest BCUT2D eigenvalue weighted by Crippen LogP contribution is 2.34. The molecule has 0 radical (unpaired) electrons. The lowest BCUT2D eigenvalue weighted by atomic mass is 10.2. The summed E-state index contributed by atoms with van der Waals surface area (Å²) in [4.78, 5) is 15.0. The molecule has 0 unspecified atom stereocenters. The predicted octanol–water partition coefficient (Wildman–Crippen LogP) is 5.38. The molecular weight excluding hydrogens is 698 g/mol. The molecule has 1 fully saturated rings. The average Bonchev–Trinajstić information content (AvgIpc) is 3.49. The van der Waals surface area contributed by atoms with Gasteiger partial charge in [-0.3, -0.25) is 9.29 Å². The summed E-state index contributed by atoms with van der Waals surface area (Å²) in [5.41, 5.74) is -0.229. The van der Waals surface area contributed by atoms with Crippen molar-refractivity contribution in [2.45, 2.75) is 9.79 Å². The summed E-state index contributed by atoms with van der Waals surface area (Å²) >= 11 is 6.05. The monoisotopic (exact) mass is 724 g/mol. The van der Waals surface area contributed by atoms with Crippen molar-refractivity contribution in [3.8, 4) is 5.82 Å². The number of sulfonamides is 2. The van der Waals surface area contributed by atoms with E-state index in [1.165, 1.54) is 35.0 Å². The van der Waals surface area contributed by atoms with Crippen LogP contribution in [0.2, 0.25) is 5.02 Å². The molecule has 17 heteroatoms. The van der Waals surface area contributed by atoms with Crippen LogP contribution in [0.5, 0.6) is 0 Å². The van der Waals surface area contributed by atoms with Crippen LogP contribution in [-0.4, -0.2) is 78.8 Å². The summed E-state index contributed by atoms with van der Waals surface area (Å²) in [6, 6.07) is 17.8. The Bertz CT molecular complexity index is 2470. The van der Waals surface area contributed by atoms with Crippen molar-refractivity contribution >= 4 is 70.8 Å². The summed E-state index contributed by atoms with van der Waals surface area (Å²) < 4.78 is 89.7. The van der Waals surface area contributed by atoms with Crippen molar-refractivity contribution in [2.75, 3.05) is 43.3 Å². The van der Waals surface area contributed by atoms with Gasteiger partial charge in [-0.1, -0.05) is 41.9 Å². The van der Waals surface area contributed by atoms with Crippen LogP contribution in [0.25, 0.3) is 27.8 Å². The number of pyridine rings is 1. The van der Waals surface area contributed by atoms with E-state index in [0.29, 0.717) is 48.4 Å². The molecule has 2 N–H and O–H groups in total. The minimum absolute atomic E-state index is 0.0790. The van der Waals surface area contributed by atoms with E-state index >= 15 is 8.78 Å². The van der Waals surface area contributed by atoms with E-state index in [1.807, 2.05) is 7.05 Å². The van der Waals surface area contributed by atoms with Crippen molar-refractivity contribution < 1.29 is 25.6 Å². The van der Waals surface area contributed by atoms with E-state index in [1.54, 1.807) is 47.0 Å². The van der Waals surface area contributed by atoms with Gasteiger partial charge < -0.3 is 10.2 Å². The SMILES string of the molecule is CN1CCN(S(=O)(=O)c2cn(-c3ccc4ncnc(Nc5c(F)ccc(NS(=O)(=O)c6ccccc6Cl)c5F)c4n3)c3ccccc23)CC1. The van der Waals surface area contributed by atoms with E-state index in [9.17, 15) is 16.8 Å². The first-order chi connectivity index (χ1) is 23.4. The Balaban J connectivity index is 1.27. The third-order valence-electron chi connectivity index (χ3n) is 8.17. The third-order valence-corrected chi connectivity index (χ3v) is 12.0. The van der Waals surface area contributed by atoms with Crippen LogP contribution >= 0.6 is 11.6 Å². The second-order valence-corrected chi connectivity index (χ2v) is 15.3. The number of halogens is 3. The lowest BCUT2D eigenvalue weighted by molar-refractivity contribution is 0.222. The second-order valence-electron chi connectivity index (χ2n) is 11.3. The fourth-order valence-electron chi connectivity index (χ4n) is 5.59. The van der Waals surface area contributed by atoms with Gasteiger partial charge in [0.05, 0.1) is 21.7 Å². The lowest BCUT2D eigenvalue weighted by Gasteiger charge is -2.31. The predicted molar refractivity (Wildman–Crippen MR) is 182 cm³/mol. The van der Waals surface area contributed by atoms with Gasteiger partial charge in [0.1, 0.15) is 39.0 Å². The quantitative estimate of drug-likeness (QED) is 0.212. The normalized spacial score (nSPS) is 14.8. The minimum Gasteiger partial charge on any atom is -0.333 e. The van der Waals surface area contributed by atoms with Crippen molar-refractivity contribution in [3.05, 3.63) is 102 Å². The standard InChI is InChI=1S/C32H27ClF2N8O4S2/c1-41-14-16-42(17-15-41)49(46,47)27-18-43(25-8-4-2-6-20(25)27)28-13-12-24-31(38-28)32(37-19-36-24)39-30-22(34)10-11-23(29(30)35)40-48(44,45)26-9-5-3-7-21(26)33/h2-13,18-19,40H,14-17H2,1H3,(H,36,37,39). The number of rotatable bonds is 8. The Morgan fingerprint density at radius 3 is 2.35 bits per heavy atom. The molecule has 0 atom stereocenters. The molecule has 1 saturated heterocycles. The molecular formula is C32H27ClF2N8O4S2. The number of piperazine rings is 1. The highest BCUT2D eigenvalue weighted by atomic mass is 35.5. The van der Waals surface area contributed by atoms with Gasteiger partial charge in [0.2, 0.25) is 10.0 Å². The Hall–Kier alpha value is -4.74. The van der Waals surface area contributed by atoms with E-state index in [0.717, 1.165) is 12.1 Å². The molecule has 0 bridgehead atoms. The van der Waals surface area contributed by atoms with Crippen molar-refractivity contribution in [3.63, 3.8) is 0 Å². The molecule has 49 heavy (non-hydrogen) atoms. The molecule has 0 amide bonds. The molecule has 0 spiro atoms. The molecule has 6 aromatic rings. The lowest BCUT2D eigenvalue weighted by Crippen LogP contribution is -2.46. The van der Waals surface area contributed by atoms with E-state index in [2.05, 4.69) is 29.9 Å². The highest BCUT2D eigenvalue weighted by molar-refractivity contribution is 7.92. The Morgan fingerprint density at radius 2 is 1.57 bits per heavy atom. The molecule has 1 aliphatic heterocycles. The Labute approximate surface area is 285 Å². The van der Waals surface area contributed by atoms with Crippen LogP contribution in [0, 0.1) is 11.6 Å². The zero-order valence-electron chi connectivity index (χ0n) is 25.7. The van der Waals surface area contributed by atoms with Crippen molar-refractivity contribution in [1.82, 2.24) is 28.7 Å². The topological polar surface area (TPSA) is 142 Å². The number of benzene rings is 3. The van der Waals surface area contributed by atoms with E-state index in [-0.39, 0.29) is 26.1 Å². The molecule has 3 aromatic carbocycles. The van der Waals surface area contributed by atoms with Gasteiger partial charge in [-0.15, -0.1) is 0 Å².